The summed E-state index contributed by atoms with van der Waals surface area (Å²) in [5.41, 5.74) is 0.415. The molecule has 22 heavy (non-hydrogen) atoms. The van der Waals surface area contributed by atoms with Crippen LogP contribution in [-0.2, 0) is 9.53 Å². The van der Waals surface area contributed by atoms with Crippen LogP contribution in [0.2, 0.25) is 0 Å². The average Bonchev–Trinajstić information content (AvgIpc) is 2.55. The van der Waals surface area contributed by atoms with E-state index in [2.05, 4.69) is 0 Å². The van der Waals surface area contributed by atoms with Crippen LogP contribution in [0.1, 0.15) is 50.7 Å². The van der Waals surface area contributed by atoms with E-state index >= 15 is 0 Å². The molecule has 1 aromatic carbocycles. The van der Waals surface area contributed by atoms with Gasteiger partial charge in [0.25, 0.3) is 0 Å². The molecule has 1 fully saturated rings. The third-order valence-corrected chi connectivity index (χ3v) is 3.52. The van der Waals surface area contributed by atoms with Crippen LogP contribution in [0.25, 0.3) is 0 Å². The first-order valence-electron chi connectivity index (χ1n) is 7.75. The van der Waals surface area contributed by atoms with E-state index < -0.39 is 12.1 Å². The van der Waals surface area contributed by atoms with Crippen molar-refractivity contribution in [3.8, 4) is 5.75 Å². The molecule has 0 saturated heterocycles. The zero-order valence-corrected chi connectivity index (χ0v) is 13.3. The number of aliphatic hydroxyl groups excluding tert-OH is 2. The first-order chi connectivity index (χ1) is 10.6. The number of rotatable bonds is 4. The second-order valence-electron chi connectivity index (χ2n) is 5.19. The molecule has 0 bridgehead atoms. The Balaban J connectivity index is 0.000000287. The molecular weight excluding hydrogens is 284 g/mol. The lowest BCUT2D eigenvalue weighted by Gasteiger charge is -2.14. The highest BCUT2D eigenvalue weighted by molar-refractivity contribution is 5.77. The van der Waals surface area contributed by atoms with Crippen LogP contribution >= 0.6 is 0 Å². The van der Waals surface area contributed by atoms with Crippen molar-refractivity contribution in [2.45, 2.75) is 51.2 Å². The van der Waals surface area contributed by atoms with Gasteiger partial charge in [-0.1, -0.05) is 37.5 Å². The van der Waals surface area contributed by atoms with Crippen molar-refractivity contribution in [1.29, 1.82) is 0 Å². The van der Waals surface area contributed by atoms with Gasteiger partial charge in [0.05, 0.1) is 19.8 Å². The van der Waals surface area contributed by atoms with Crippen LogP contribution in [0, 0.1) is 0 Å². The number of methoxy groups -OCH3 is 1. The minimum atomic E-state index is -1.29. The molecule has 5 nitrogen and oxygen atoms in total. The number of hydrogen-bond donors (Lipinski definition) is 2. The molecule has 1 saturated carbocycles. The molecule has 0 aliphatic heterocycles. The van der Waals surface area contributed by atoms with E-state index in [1.165, 1.54) is 26.4 Å². The Bertz CT molecular complexity index is 440. The molecular formula is C17H26O5. The van der Waals surface area contributed by atoms with E-state index in [9.17, 15) is 9.90 Å². The Morgan fingerprint density at radius 2 is 1.91 bits per heavy atom. The maximum atomic E-state index is 11.3. The van der Waals surface area contributed by atoms with E-state index in [0.717, 1.165) is 12.8 Å². The van der Waals surface area contributed by atoms with Gasteiger partial charge in [0.15, 0.2) is 6.10 Å². The molecule has 0 spiro atoms. The zero-order chi connectivity index (χ0) is 16.4. The fourth-order valence-electron chi connectivity index (χ4n) is 2.32. The molecule has 5 heteroatoms. The Hall–Kier alpha value is -1.59. The van der Waals surface area contributed by atoms with Gasteiger partial charge in [-0.2, -0.15) is 0 Å². The number of esters is 1. The highest BCUT2D eigenvalue weighted by Gasteiger charge is 2.21. The van der Waals surface area contributed by atoms with E-state index in [0.29, 0.717) is 11.3 Å². The van der Waals surface area contributed by atoms with Crippen LogP contribution in [0.3, 0.4) is 0 Å². The van der Waals surface area contributed by atoms with Crippen molar-refractivity contribution in [2.75, 3.05) is 13.7 Å². The standard InChI is InChI=1S/C11H14O4.C6H12O/c1-3-15-11(13)10(12)8-6-4-5-7-9(8)14-2;7-6-4-2-1-3-5-6/h4-7,10,12H,3H2,1-2H3;6-7H,1-5H2. The van der Waals surface area contributed by atoms with Gasteiger partial charge in [-0.15, -0.1) is 0 Å². The Morgan fingerprint density at radius 3 is 2.41 bits per heavy atom. The molecule has 1 aromatic rings. The molecule has 2 rings (SSSR count). The first kappa shape index (κ1) is 18.5. The van der Waals surface area contributed by atoms with Crippen LogP contribution in [0.5, 0.6) is 5.75 Å². The van der Waals surface area contributed by atoms with E-state index in [1.807, 2.05) is 0 Å². The van der Waals surface area contributed by atoms with E-state index in [4.69, 9.17) is 14.6 Å². The van der Waals surface area contributed by atoms with Gasteiger partial charge in [0, 0.05) is 5.56 Å². The monoisotopic (exact) mass is 310 g/mol. The Morgan fingerprint density at radius 1 is 1.27 bits per heavy atom. The molecule has 1 aliphatic carbocycles. The summed E-state index contributed by atoms with van der Waals surface area (Å²) in [6.07, 6.45) is 4.63. The molecule has 0 heterocycles. The number of hydrogen-bond acceptors (Lipinski definition) is 5. The minimum absolute atomic E-state index is 0.0359. The van der Waals surface area contributed by atoms with Crippen LogP contribution in [-0.4, -0.2) is 36.0 Å². The lowest BCUT2D eigenvalue weighted by Crippen LogP contribution is -2.16. The largest absolute Gasteiger partial charge is 0.496 e. The van der Waals surface area contributed by atoms with Gasteiger partial charge in [-0.05, 0) is 25.8 Å². The maximum absolute atomic E-state index is 11.3. The second kappa shape index (κ2) is 10.2. The van der Waals surface area contributed by atoms with Gasteiger partial charge in [0.2, 0.25) is 0 Å². The fraction of sp³-hybridized carbons (Fsp3) is 0.588. The summed E-state index contributed by atoms with van der Waals surface area (Å²) in [5.74, 6) is -0.194. The predicted octanol–water partition coefficient (Wildman–Crippen LogP) is 2.60. The lowest BCUT2D eigenvalue weighted by atomic mass is 9.98. The number of carbonyl (C=O) groups excluding carboxylic acids is 1. The van der Waals surface area contributed by atoms with Crippen LogP contribution < -0.4 is 4.74 Å². The van der Waals surface area contributed by atoms with Gasteiger partial charge >= 0.3 is 5.97 Å². The maximum Gasteiger partial charge on any atom is 0.339 e. The number of para-hydroxylation sites is 1. The summed E-state index contributed by atoms with van der Waals surface area (Å²) in [6.45, 7) is 1.93. The summed E-state index contributed by atoms with van der Waals surface area (Å²) < 4.78 is 9.74. The topological polar surface area (TPSA) is 76.0 Å². The molecule has 124 valence electrons. The van der Waals surface area contributed by atoms with E-state index in [-0.39, 0.29) is 12.7 Å². The second-order valence-corrected chi connectivity index (χ2v) is 5.19. The fourth-order valence-corrected chi connectivity index (χ4v) is 2.32. The number of benzene rings is 1. The normalized spacial score (nSPS) is 16.2. The lowest BCUT2D eigenvalue weighted by molar-refractivity contribution is -0.153. The third kappa shape index (κ3) is 6.03. The molecule has 1 unspecified atom stereocenters. The summed E-state index contributed by atoms with van der Waals surface area (Å²) in [6, 6.07) is 6.79. The quantitative estimate of drug-likeness (QED) is 0.836. The molecule has 0 aromatic heterocycles. The average molecular weight is 310 g/mol. The highest BCUT2D eigenvalue weighted by atomic mass is 16.5. The molecule has 0 amide bonds. The molecule has 1 aliphatic rings. The number of carbonyl (C=O) groups is 1. The van der Waals surface area contributed by atoms with Gasteiger partial charge in [0.1, 0.15) is 5.75 Å². The van der Waals surface area contributed by atoms with Crippen molar-refractivity contribution in [3.63, 3.8) is 0 Å². The SMILES string of the molecule is CCOC(=O)C(O)c1ccccc1OC.OC1CCCCC1. The smallest absolute Gasteiger partial charge is 0.339 e. The summed E-state index contributed by atoms with van der Waals surface area (Å²) in [5, 5.41) is 18.6. The number of aliphatic hydroxyl groups is 2. The number of ether oxygens (including phenoxy) is 2. The van der Waals surface area contributed by atoms with Gasteiger partial charge in [-0.25, -0.2) is 4.79 Å². The van der Waals surface area contributed by atoms with Crippen molar-refractivity contribution in [2.24, 2.45) is 0 Å². The third-order valence-electron chi connectivity index (χ3n) is 3.52. The molecule has 2 N–H and O–H groups in total. The van der Waals surface area contributed by atoms with Gasteiger partial charge in [-0.3, -0.25) is 0 Å². The van der Waals surface area contributed by atoms with E-state index in [1.54, 1.807) is 31.2 Å². The van der Waals surface area contributed by atoms with Gasteiger partial charge < -0.3 is 19.7 Å². The summed E-state index contributed by atoms with van der Waals surface area (Å²) in [4.78, 5) is 11.3. The van der Waals surface area contributed by atoms with Crippen LogP contribution in [0.4, 0.5) is 0 Å². The highest BCUT2D eigenvalue weighted by Crippen LogP contribution is 2.25. The van der Waals surface area contributed by atoms with Crippen LogP contribution in [0.15, 0.2) is 24.3 Å². The van der Waals surface area contributed by atoms with Crippen molar-refractivity contribution in [3.05, 3.63) is 29.8 Å². The summed E-state index contributed by atoms with van der Waals surface area (Å²) in [7, 11) is 1.48. The first-order valence-corrected chi connectivity index (χ1v) is 7.75. The summed E-state index contributed by atoms with van der Waals surface area (Å²) >= 11 is 0. The predicted molar refractivity (Wildman–Crippen MR) is 83.7 cm³/mol. The zero-order valence-electron chi connectivity index (χ0n) is 13.3. The van der Waals surface area contributed by atoms with Crippen molar-refractivity contribution < 1.29 is 24.5 Å². The molecule has 0 radical (unpaired) electrons. The van der Waals surface area contributed by atoms with Crippen molar-refractivity contribution in [1.82, 2.24) is 0 Å². The molecule has 1 atom stereocenters. The minimum Gasteiger partial charge on any atom is -0.496 e. The Labute approximate surface area is 131 Å². The van der Waals surface area contributed by atoms with Crippen molar-refractivity contribution >= 4 is 5.97 Å². The Kier molecular flexibility index (Phi) is 8.55.